The molecule has 2 aromatic rings. The molecule has 0 N–H and O–H groups in total. The van der Waals surface area contributed by atoms with E-state index in [1.807, 2.05) is 0 Å². The fraction of sp³-hybridized carbons (Fsp3) is 0.125. The summed E-state index contributed by atoms with van der Waals surface area (Å²) in [6.45, 7) is -0.534. The second-order valence-corrected chi connectivity index (χ2v) is 8.25. The van der Waals surface area contributed by atoms with Crippen LogP contribution < -0.4 is 0 Å². The molecule has 0 amide bonds. The maximum absolute atomic E-state index is 12.0. The molecule has 0 aliphatic rings. The van der Waals surface area contributed by atoms with E-state index in [9.17, 15) is 18.0 Å². The highest BCUT2D eigenvalue weighted by molar-refractivity contribution is 7.90. The van der Waals surface area contributed by atoms with E-state index in [0.717, 1.165) is 12.3 Å². The van der Waals surface area contributed by atoms with Gasteiger partial charge in [-0.05, 0) is 36.4 Å². The van der Waals surface area contributed by atoms with Gasteiger partial charge < -0.3 is 4.74 Å². The van der Waals surface area contributed by atoms with Crippen LogP contribution in [0.5, 0.6) is 0 Å². The number of benzene rings is 2. The van der Waals surface area contributed by atoms with Crippen LogP contribution in [0.3, 0.4) is 0 Å². The minimum Gasteiger partial charge on any atom is -0.454 e. The van der Waals surface area contributed by atoms with Gasteiger partial charge in [0, 0.05) is 11.8 Å². The molecular formula is C16H11Cl3O5S. The molecular weight excluding hydrogens is 411 g/mol. The molecule has 25 heavy (non-hydrogen) atoms. The highest BCUT2D eigenvalue weighted by atomic mass is 35.5. The third-order valence-corrected chi connectivity index (χ3v) is 5.46. The van der Waals surface area contributed by atoms with Gasteiger partial charge in [-0.25, -0.2) is 13.2 Å². The van der Waals surface area contributed by atoms with Crippen LogP contribution in [-0.2, 0) is 14.6 Å². The minimum atomic E-state index is -3.61. The van der Waals surface area contributed by atoms with E-state index < -0.39 is 28.2 Å². The Labute approximate surface area is 159 Å². The van der Waals surface area contributed by atoms with Crippen molar-refractivity contribution in [1.29, 1.82) is 0 Å². The number of hydrogen-bond donors (Lipinski definition) is 0. The molecule has 0 aliphatic carbocycles. The van der Waals surface area contributed by atoms with E-state index in [1.165, 1.54) is 30.3 Å². The van der Waals surface area contributed by atoms with Crippen LogP contribution in [-0.4, -0.2) is 33.0 Å². The average molecular weight is 422 g/mol. The van der Waals surface area contributed by atoms with E-state index >= 15 is 0 Å². The summed E-state index contributed by atoms with van der Waals surface area (Å²) in [5.41, 5.74) is 0.196. The van der Waals surface area contributed by atoms with Crippen molar-refractivity contribution in [3.8, 4) is 0 Å². The van der Waals surface area contributed by atoms with E-state index in [0.29, 0.717) is 5.02 Å². The van der Waals surface area contributed by atoms with Crippen molar-refractivity contribution in [3.05, 3.63) is 62.6 Å². The van der Waals surface area contributed by atoms with E-state index in [2.05, 4.69) is 0 Å². The third-order valence-electron chi connectivity index (χ3n) is 3.14. The number of carbonyl (C=O) groups is 2. The summed E-state index contributed by atoms with van der Waals surface area (Å²) in [7, 11) is -3.61. The molecule has 0 fully saturated rings. The molecule has 0 heterocycles. The Hall–Kier alpha value is -1.60. The van der Waals surface area contributed by atoms with Gasteiger partial charge in [-0.2, -0.15) is 0 Å². The summed E-state index contributed by atoms with van der Waals surface area (Å²) >= 11 is 17.4. The average Bonchev–Trinajstić information content (AvgIpc) is 2.54. The van der Waals surface area contributed by atoms with Gasteiger partial charge in [-0.15, -0.1) is 0 Å². The lowest BCUT2D eigenvalue weighted by Gasteiger charge is -2.07. The molecule has 2 rings (SSSR count). The smallest absolute Gasteiger partial charge is 0.338 e. The Balaban J connectivity index is 2.12. The summed E-state index contributed by atoms with van der Waals surface area (Å²) in [6.07, 6.45) is 0.969. The van der Waals surface area contributed by atoms with Gasteiger partial charge in [-0.3, -0.25) is 4.79 Å². The van der Waals surface area contributed by atoms with Crippen molar-refractivity contribution in [2.24, 2.45) is 0 Å². The van der Waals surface area contributed by atoms with E-state index in [-0.39, 0.29) is 26.1 Å². The van der Waals surface area contributed by atoms with E-state index in [4.69, 9.17) is 39.5 Å². The molecule has 0 spiro atoms. The van der Waals surface area contributed by atoms with Crippen LogP contribution in [0.15, 0.2) is 41.3 Å². The quantitative estimate of drug-likeness (QED) is 0.537. The highest BCUT2D eigenvalue weighted by Gasteiger charge is 2.18. The van der Waals surface area contributed by atoms with Crippen molar-refractivity contribution >= 4 is 56.4 Å². The largest absolute Gasteiger partial charge is 0.454 e. The van der Waals surface area contributed by atoms with Crippen molar-refractivity contribution < 1.29 is 22.7 Å². The number of ketones is 1. The van der Waals surface area contributed by atoms with Gasteiger partial charge in [0.2, 0.25) is 0 Å². The lowest BCUT2D eigenvalue weighted by atomic mass is 10.1. The van der Waals surface area contributed by atoms with Gasteiger partial charge in [0.25, 0.3) is 0 Å². The topological polar surface area (TPSA) is 77.5 Å². The van der Waals surface area contributed by atoms with Gasteiger partial charge in [0.05, 0.1) is 25.5 Å². The van der Waals surface area contributed by atoms with Crippen LogP contribution >= 0.6 is 34.8 Å². The second-order valence-electron chi connectivity index (χ2n) is 5.05. The predicted octanol–water partition coefficient (Wildman–Crippen LogP) is 4.09. The fourth-order valence-corrected chi connectivity index (χ4v) is 3.48. The molecule has 0 aromatic heterocycles. The summed E-state index contributed by atoms with van der Waals surface area (Å²) in [4.78, 5) is 23.9. The lowest BCUT2D eigenvalue weighted by molar-refractivity contribution is 0.0474. The SMILES string of the molecule is CS(=O)(=O)c1cc(C(=O)OCC(=O)c2ccc(Cl)c(Cl)c2)ccc1Cl. The second kappa shape index (κ2) is 7.74. The molecule has 0 unspecified atom stereocenters. The first-order valence-electron chi connectivity index (χ1n) is 6.74. The van der Waals surface area contributed by atoms with Crippen molar-refractivity contribution in [2.75, 3.05) is 12.9 Å². The number of Topliss-reactive ketones (excluding diaryl/α,β-unsaturated/α-hetero) is 1. The first kappa shape index (κ1) is 19.7. The van der Waals surface area contributed by atoms with Gasteiger partial charge in [-0.1, -0.05) is 34.8 Å². The number of carbonyl (C=O) groups excluding carboxylic acids is 2. The van der Waals surface area contributed by atoms with Crippen LogP contribution in [0.2, 0.25) is 15.1 Å². The zero-order valence-corrected chi connectivity index (χ0v) is 15.8. The Kier molecular flexibility index (Phi) is 6.11. The Morgan fingerprint density at radius 1 is 0.920 bits per heavy atom. The zero-order valence-electron chi connectivity index (χ0n) is 12.8. The summed E-state index contributed by atoms with van der Waals surface area (Å²) in [5, 5.41) is 0.491. The maximum Gasteiger partial charge on any atom is 0.338 e. The zero-order chi connectivity index (χ0) is 18.8. The first-order chi connectivity index (χ1) is 11.6. The van der Waals surface area contributed by atoms with Gasteiger partial charge in [0.15, 0.2) is 22.2 Å². The third kappa shape index (κ3) is 4.95. The molecule has 0 saturated heterocycles. The Morgan fingerprint density at radius 3 is 2.12 bits per heavy atom. The molecule has 0 bridgehead atoms. The molecule has 0 radical (unpaired) electrons. The van der Waals surface area contributed by atoms with Crippen molar-refractivity contribution in [3.63, 3.8) is 0 Å². The van der Waals surface area contributed by atoms with Crippen LogP contribution in [0.1, 0.15) is 20.7 Å². The summed E-state index contributed by atoms with van der Waals surface area (Å²) in [5.74, 6) is -1.33. The Bertz CT molecular complexity index is 954. The molecule has 9 heteroatoms. The summed E-state index contributed by atoms with van der Waals surface area (Å²) < 4.78 is 28.2. The number of ether oxygens (including phenoxy) is 1. The minimum absolute atomic E-state index is 0.00840. The fourth-order valence-electron chi connectivity index (χ4n) is 1.88. The number of esters is 1. The van der Waals surface area contributed by atoms with Crippen LogP contribution in [0.25, 0.3) is 0 Å². The highest BCUT2D eigenvalue weighted by Crippen LogP contribution is 2.24. The number of hydrogen-bond acceptors (Lipinski definition) is 5. The number of rotatable bonds is 5. The number of sulfone groups is 1. The predicted molar refractivity (Wildman–Crippen MR) is 95.6 cm³/mol. The molecule has 5 nitrogen and oxygen atoms in total. The number of halogens is 3. The monoisotopic (exact) mass is 420 g/mol. The first-order valence-corrected chi connectivity index (χ1v) is 9.77. The van der Waals surface area contributed by atoms with Crippen molar-refractivity contribution in [1.82, 2.24) is 0 Å². The normalized spacial score (nSPS) is 11.2. The standard InChI is InChI=1S/C16H11Cl3O5S/c1-25(22,23)15-7-10(3-5-12(15)18)16(21)24-8-14(20)9-2-4-11(17)13(19)6-9/h2-7H,8H2,1H3. The molecule has 0 aliphatic heterocycles. The maximum atomic E-state index is 12.0. The lowest BCUT2D eigenvalue weighted by Crippen LogP contribution is -2.14. The van der Waals surface area contributed by atoms with Crippen LogP contribution in [0, 0.1) is 0 Å². The molecule has 132 valence electrons. The summed E-state index contributed by atoms with van der Waals surface area (Å²) in [6, 6.07) is 7.96. The molecule has 0 atom stereocenters. The molecule has 2 aromatic carbocycles. The Morgan fingerprint density at radius 2 is 1.52 bits per heavy atom. The van der Waals surface area contributed by atoms with E-state index in [1.54, 1.807) is 0 Å². The van der Waals surface area contributed by atoms with Crippen molar-refractivity contribution in [2.45, 2.75) is 4.90 Å². The van der Waals surface area contributed by atoms with Crippen LogP contribution in [0.4, 0.5) is 0 Å². The molecule has 0 saturated carbocycles. The van der Waals surface area contributed by atoms with Gasteiger partial charge in [0.1, 0.15) is 0 Å². The van der Waals surface area contributed by atoms with Gasteiger partial charge >= 0.3 is 5.97 Å².